The fourth-order valence-electron chi connectivity index (χ4n) is 3.31. The fourth-order valence-corrected chi connectivity index (χ4v) is 3.31. The molecule has 0 aromatic carbocycles. The molecule has 0 amide bonds. The Morgan fingerprint density at radius 1 is 0.944 bits per heavy atom. The lowest BCUT2D eigenvalue weighted by Gasteiger charge is -2.30. The summed E-state index contributed by atoms with van der Waals surface area (Å²) in [5.74, 6) is 0.562. The second-order valence-corrected chi connectivity index (χ2v) is 5.80. The minimum atomic E-state index is -0.00384. The molecular formula is C15H26O3. The number of hydrogen-bond donors (Lipinski definition) is 0. The Morgan fingerprint density at radius 3 is 2.22 bits per heavy atom. The van der Waals surface area contributed by atoms with Gasteiger partial charge >= 0.3 is 5.97 Å². The molecule has 0 saturated heterocycles. The zero-order chi connectivity index (χ0) is 12.8. The van der Waals surface area contributed by atoms with Crippen LogP contribution in [-0.4, -0.2) is 25.3 Å². The molecule has 0 heterocycles. The molecule has 0 N–H and O–H groups in total. The van der Waals surface area contributed by atoms with Crippen LogP contribution in [0.2, 0.25) is 0 Å². The first kappa shape index (κ1) is 13.9. The van der Waals surface area contributed by atoms with Gasteiger partial charge in [0.2, 0.25) is 0 Å². The van der Waals surface area contributed by atoms with E-state index in [-0.39, 0.29) is 18.2 Å². The predicted molar refractivity (Wildman–Crippen MR) is 70.3 cm³/mol. The van der Waals surface area contributed by atoms with Crippen LogP contribution in [-0.2, 0) is 14.3 Å². The lowest BCUT2D eigenvalue weighted by molar-refractivity contribution is -0.160. The third-order valence-electron chi connectivity index (χ3n) is 4.41. The zero-order valence-electron chi connectivity index (χ0n) is 11.5. The van der Waals surface area contributed by atoms with Crippen LogP contribution in [0.25, 0.3) is 0 Å². The van der Waals surface area contributed by atoms with Gasteiger partial charge in [0, 0.05) is 13.5 Å². The molecule has 2 atom stereocenters. The number of rotatable bonds is 4. The van der Waals surface area contributed by atoms with Crippen LogP contribution in [0.1, 0.15) is 64.2 Å². The Labute approximate surface area is 110 Å². The molecule has 0 aliphatic heterocycles. The second kappa shape index (κ2) is 7.13. The maximum atomic E-state index is 12.0. The molecule has 18 heavy (non-hydrogen) atoms. The van der Waals surface area contributed by atoms with Crippen molar-refractivity contribution in [2.24, 2.45) is 5.92 Å². The molecule has 2 rings (SSSR count). The van der Waals surface area contributed by atoms with Crippen LogP contribution in [0.3, 0.4) is 0 Å². The van der Waals surface area contributed by atoms with E-state index in [2.05, 4.69) is 0 Å². The summed E-state index contributed by atoms with van der Waals surface area (Å²) in [5, 5.41) is 0. The smallest absolute Gasteiger partial charge is 0.306 e. The van der Waals surface area contributed by atoms with Gasteiger partial charge in [0.25, 0.3) is 0 Å². The first-order chi connectivity index (χ1) is 8.79. The van der Waals surface area contributed by atoms with Crippen molar-refractivity contribution < 1.29 is 14.3 Å². The van der Waals surface area contributed by atoms with E-state index in [1.165, 1.54) is 38.5 Å². The summed E-state index contributed by atoms with van der Waals surface area (Å²) in [5.41, 5.74) is 0. The molecule has 2 aliphatic carbocycles. The highest BCUT2D eigenvalue weighted by Gasteiger charge is 2.29. The van der Waals surface area contributed by atoms with E-state index >= 15 is 0 Å². The van der Waals surface area contributed by atoms with Crippen molar-refractivity contribution in [3.8, 4) is 0 Å². The van der Waals surface area contributed by atoms with Crippen LogP contribution in [0.15, 0.2) is 0 Å². The van der Waals surface area contributed by atoms with Crippen molar-refractivity contribution in [3.63, 3.8) is 0 Å². The quantitative estimate of drug-likeness (QED) is 0.721. The lowest BCUT2D eigenvalue weighted by Crippen LogP contribution is -2.36. The van der Waals surface area contributed by atoms with Crippen molar-refractivity contribution in [3.05, 3.63) is 0 Å². The highest BCUT2D eigenvalue weighted by atomic mass is 16.6. The second-order valence-electron chi connectivity index (χ2n) is 5.80. The van der Waals surface area contributed by atoms with Gasteiger partial charge in [-0.2, -0.15) is 0 Å². The average Bonchev–Trinajstić information content (AvgIpc) is 2.40. The molecular weight excluding hydrogens is 228 g/mol. The number of esters is 1. The van der Waals surface area contributed by atoms with Crippen LogP contribution >= 0.6 is 0 Å². The molecule has 2 unspecified atom stereocenters. The minimum absolute atomic E-state index is 0.000148. The van der Waals surface area contributed by atoms with Crippen LogP contribution in [0.4, 0.5) is 0 Å². The summed E-state index contributed by atoms with van der Waals surface area (Å²) in [7, 11) is 1.72. The van der Waals surface area contributed by atoms with Crippen molar-refractivity contribution in [2.45, 2.75) is 76.4 Å². The summed E-state index contributed by atoms with van der Waals surface area (Å²) < 4.78 is 11.1. The van der Waals surface area contributed by atoms with E-state index in [0.29, 0.717) is 12.3 Å². The molecule has 2 saturated carbocycles. The fraction of sp³-hybridized carbons (Fsp3) is 0.933. The largest absolute Gasteiger partial charge is 0.460 e. The van der Waals surface area contributed by atoms with E-state index in [0.717, 1.165) is 19.3 Å². The summed E-state index contributed by atoms with van der Waals surface area (Å²) in [6, 6.07) is 0. The first-order valence-electron chi connectivity index (χ1n) is 7.52. The Morgan fingerprint density at radius 2 is 1.56 bits per heavy atom. The number of ether oxygens (including phenoxy) is 2. The van der Waals surface area contributed by atoms with Crippen LogP contribution < -0.4 is 0 Å². The minimum Gasteiger partial charge on any atom is -0.460 e. The van der Waals surface area contributed by atoms with Crippen molar-refractivity contribution in [2.75, 3.05) is 7.11 Å². The van der Waals surface area contributed by atoms with E-state index < -0.39 is 0 Å². The number of carbonyl (C=O) groups is 1. The van der Waals surface area contributed by atoms with Gasteiger partial charge in [-0.15, -0.1) is 0 Å². The summed E-state index contributed by atoms with van der Waals surface area (Å²) >= 11 is 0. The van der Waals surface area contributed by atoms with E-state index in [1.54, 1.807) is 7.11 Å². The third kappa shape index (κ3) is 3.98. The lowest BCUT2D eigenvalue weighted by atomic mass is 9.87. The van der Waals surface area contributed by atoms with Gasteiger partial charge in [-0.1, -0.05) is 25.7 Å². The van der Waals surface area contributed by atoms with Gasteiger partial charge in [-0.3, -0.25) is 4.79 Å². The molecule has 3 nitrogen and oxygen atoms in total. The van der Waals surface area contributed by atoms with Gasteiger partial charge in [-0.25, -0.2) is 0 Å². The SMILES string of the molecule is COC1CCCCC1OC(=O)CC1CCCCC1. The maximum Gasteiger partial charge on any atom is 0.306 e. The topological polar surface area (TPSA) is 35.5 Å². The molecule has 0 aromatic heterocycles. The monoisotopic (exact) mass is 254 g/mol. The molecule has 0 radical (unpaired) electrons. The molecule has 0 spiro atoms. The summed E-state index contributed by atoms with van der Waals surface area (Å²) in [4.78, 5) is 12.0. The number of methoxy groups -OCH3 is 1. The van der Waals surface area contributed by atoms with Gasteiger partial charge in [-0.05, 0) is 38.0 Å². The summed E-state index contributed by atoms with van der Waals surface area (Å²) in [6.45, 7) is 0. The van der Waals surface area contributed by atoms with Gasteiger partial charge in [0.15, 0.2) is 0 Å². The summed E-state index contributed by atoms with van der Waals surface area (Å²) in [6.07, 6.45) is 11.4. The third-order valence-corrected chi connectivity index (χ3v) is 4.41. The Kier molecular flexibility index (Phi) is 5.48. The highest BCUT2D eigenvalue weighted by Crippen LogP contribution is 2.28. The molecule has 3 heteroatoms. The maximum absolute atomic E-state index is 12.0. The highest BCUT2D eigenvalue weighted by molar-refractivity contribution is 5.70. The normalized spacial score (nSPS) is 30.1. The van der Waals surface area contributed by atoms with Crippen LogP contribution in [0.5, 0.6) is 0 Å². The van der Waals surface area contributed by atoms with Crippen molar-refractivity contribution in [1.82, 2.24) is 0 Å². The Bertz CT molecular complexity index is 258. The standard InChI is InChI=1S/C15H26O3/c1-17-13-9-5-6-10-14(13)18-15(16)11-12-7-3-2-4-8-12/h12-14H,2-11H2,1H3. The predicted octanol–water partition coefficient (Wildman–Crippen LogP) is 3.46. The van der Waals surface area contributed by atoms with Gasteiger partial charge in [0.05, 0.1) is 6.10 Å². The van der Waals surface area contributed by atoms with Gasteiger partial charge < -0.3 is 9.47 Å². The van der Waals surface area contributed by atoms with E-state index in [4.69, 9.17) is 9.47 Å². The molecule has 0 bridgehead atoms. The van der Waals surface area contributed by atoms with Gasteiger partial charge in [0.1, 0.15) is 6.10 Å². The number of hydrogen-bond acceptors (Lipinski definition) is 3. The average molecular weight is 254 g/mol. The van der Waals surface area contributed by atoms with E-state index in [9.17, 15) is 4.79 Å². The number of carbonyl (C=O) groups excluding carboxylic acids is 1. The molecule has 2 aliphatic rings. The van der Waals surface area contributed by atoms with Crippen molar-refractivity contribution >= 4 is 5.97 Å². The van der Waals surface area contributed by atoms with E-state index in [1.807, 2.05) is 0 Å². The first-order valence-corrected chi connectivity index (χ1v) is 7.52. The zero-order valence-corrected chi connectivity index (χ0v) is 11.5. The Balaban J connectivity index is 1.75. The molecule has 104 valence electrons. The van der Waals surface area contributed by atoms with Crippen molar-refractivity contribution in [1.29, 1.82) is 0 Å². The molecule has 2 fully saturated rings. The van der Waals surface area contributed by atoms with Crippen LogP contribution in [0, 0.1) is 5.92 Å². The Hall–Kier alpha value is -0.570. The molecule has 0 aromatic rings.